The van der Waals surface area contributed by atoms with E-state index in [-0.39, 0.29) is 0 Å². The summed E-state index contributed by atoms with van der Waals surface area (Å²) in [5.41, 5.74) is 1.02. The van der Waals surface area contributed by atoms with Gasteiger partial charge in [-0.1, -0.05) is 18.2 Å². The number of likely N-dealkylation sites (tertiary alicyclic amines) is 1. The fourth-order valence-corrected chi connectivity index (χ4v) is 4.45. The molecule has 4 heterocycles. The molecule has 6 heteroatoms. The Hall–Kier alpha value is -1.79. The normalized spacial score (nSPS) is 33.5. The lowest BCUT2D eigenvalue weighted by molar-refractivity contribution is 0.0693. The molecule has 0 saturated carbocycles. The number of aromatic nitrogens is 4. The van der Waals surface area contributed by atoms with Crippen molar-refractivity contribution < 1.29 is 4.74 Å². The van der Waals surface area contributed by atoms with Crippen molar-refractivity contribution in [2.24, 2.45) is 11.8 Å². The standard InChI is InChI=1S/C16H19N5O/c1-2-4-11(5-3-1)21-16(17-18-19-21)10-20-8-12-13(9-20)15-7-6-14(12)22-15/h1-5,12-15H,6-10H2/t12-,13-,14-,15-/m1/s1. The summed E-state index contributed by atoms with van der Waals surface area (Å²) in [6.07, 6.45) is 3.51. The number of hydrogen-bond donors (Lipinski definition) is 0. The summed E-state index contributed by atoms with van der Waals surface area (Å²) in [6, 6.07) is 10.1. The van der Waals surface area contributed by atoms with Gasteiger partial charge in [0.2, 0.25) is 0 Å². The van der Waals surface area contributed by atoms with E-state index in [4.69, 9.17) is 4.74 Å². The van der Waals surface area contributed by atoms with Gasteiger partial charge in [0.25, 0.3) is 0 Å². The second-order valence-corrected chi connectivity index (χ2v) is 6.65. The van der Waals surface area contributed by atoms with Crippen LogP contribution in [0.4, 0.5) is 0 Å². The lowest BCUT2D eigenvalue weighted by atomic mass is 9.82. The second-order valence-electron chi connectivity index (χ2n) is 6.65. The maximum atomic E-state index is 6.04. The van der Waals surface area contributed by atoms with Crippen molar-refractivity contribution in [2.75, 3.05) is 13.1 Å². The topological polar surface area (TPSA) is 56.1 Å². The molecular weight excluding hydrogens is 278 g/mol. The third kappa shape index (κ3) is 1.90. The number of rotatable bonds is 3. The first-order valence-electron chi connectivity index (χ1n) is 8.09. The molecule has 0 aliphatic carbocycles. The predicted molar refractivity (Wildman–Crippen MR) is 79.3 cm³/mol. The zero-order valence-corrected chi connectivity index (χ0v) is 12.4. The van der Waals surface area contributed by atoms with E-state index < -0.39 is 0 Å². The van der Waals surface area contributed by atoms with E-state index in [0.717, 1.165) is 43.0 Å². The van der Waals surface area contributed by atoms with Crippen molar-refractivity contribution in [2.45, 2.75) is 31.6 Å². The van der Waals surface area contributed by atoms with Crippen LogP contribution < -0.4 is 0 Å². The van der Waals surface area contributed by atoms with E-state index >= 15 is 0 Å². The van der Waals surface area contributed by atoms with Gasteiger partial charge < -0.3 is 4.74 Å². The first kappa shape index (κ1) is 12.7. The highest BCUT2D eigenvalue weighted by atomic mass is 16.5. The third-order valence-corrected chi connectivity index (χ3v) is 5.43. The molecule has 1 aromatic carbocycles. The number of tetrazole rings is 1. The van der Waals surface area contributed by atoms with Gasteiger partial charge in [-0.05, 0) is 35.4 Å². The molecule has 3 fully saturated rings. The first-order valence-corrected chi connectivity index (χ1v) is 8.09. The first-order chi connectivity index (χ1) is 10.9. The van der Waals surface area contributed by atoms with Crippen molar-refractivity contribution in [3.05, 3.63) is 36.2 Å². The molecular formula is C16H19N5O. The lowest BCUT2D eigenvalue weighted by Crippen LogP contribution is -2.26. The van der Waals surface area contributed by atoms with E-state index in [1.807, 2.05) is 35.0 Å². The molecule has 5 rings (SSSR count). The van der Waals surface area contributed by atoms with Crippen LogP contribution >= 0.6 is 0 Å². The fourth-order valence-electron chi connectivity index (χ4n) is 4.45. The minimum atomic E-state index is 0.505. The van der Waals surface area contributed by atoms with Crippen LogP contribution in [-0.4, -0.2) is 50.4 Å². The van der Waals surface area contributed by atoms with Gasteiger partial charge in [-0.3, -0.25) is 4.90 Å². The number of fused-ring (bicyclic) bond motifs is 5. The average Bonchev–Trinajstić information content (AvgIpc) is 3.30. The SMILES string of the molecule is c1ccc(-n2nnnc2CN2C[C@@H]3[C@@H](C2)[C@H]2CC[C@H]3O2)cc1. The van der Waals surface area contributed by atoms with Gasteiger partial charge in [0.05, 0.1) is 24.4 Å². The summed E-state index contributed by atoms with van der Waals surface area (Å²) in [5, 5.41) is 12.2. The van der Waals surface area contributed by atoms with Crippen LogP contribution in [0, 0.1) is 11.8 Å². The molecule has 0 amide bonds. The monoisotopic (exact) mass is 297 g/mol. The van der Waals surface area contributed by atoms with Crippen LogP contribution in [0.5, 0.6) is 0 Å². The van der Waals surface area contributed by atoms with E-state index in [2.05, 4.69) is 20.4 Å². The summed E-state index contributed by atoms with van der Waals surface area (Å²) >= 11 is 0. The Balaban J connectivity index is 1.35. The maximum absolute atomic E-state index is 6.04. The highest BCUT2D eigenvalue weighted by molar-refractivity contribution is 5.30. The van der Waals surface area contributed by atoms with Gasteiger partial charge in [-0.15, -0.1) is 5.10 Å². The minimum absolute atomic E-state index is 0.505. The highest BCUT2D eigenvalue weighted by Crippen LogP contribution is 2.47. The minimum Gasteiger partial charge on any atom is -0.374 e. The molecule has 0 spiro atoms. The molecule has 3 saturated heterocycles. The summed E-state index contributed by atoms with van der Waals surface area (Å²) in [5.74, 6) is 2.36. The molecule has 2 bridgehead atoms. The smallest absolute Gasteiger partial charge is 0.170 e. The Kier molecular flexibility index (Phi) is 2.81. The van der Waals surface area contributed by atoms with Gasteiger partial charge in [0.15, 0.2) is 5.82 Å². The fraction of sp³-hybridized carbons (Fsp3) is 0.562. The molecule has 0 unspecified atom stereocenters. The molecule has 4 atom stereocenters. The molecule has 114 valence electrons. The Morgan fingerprint density at radius 3 is 2.50 bits per heavy atom. The Morgan fingerprint density at radius 2 is 1.77 bits per heavy atom. The predicted octanol–water partition coefficient (Wildman–Crippen LogP) is 1.27. The Bertz CT molecular complexity index is 654. The summed E-state index contributed by atoms with van der Waals surface area (Å²) in [7, 11) is 0. The molecule has 0 N–H and O–H groups in total. The van der Waals surface area contributed by atoms with E-state index in [1.54, 1.807) is 0 Å². The van der Waals surface area contributed by atoms with Crippen LogP contribution in [0.1, 0.15) is 18.7 Å². The van der Waals surface area contributed by atoms with Crippen LogP contribution in [-0.2, 0) is 11.3 Å². The van der Waals surface area contributed by atoms with E-state index in [1.165, 1.54) is 12.8 Å². The van der Waals surface area contributed by atoms with Gasteiger partial charge in [-0.25, -0.2) is 0 Å². The van der Waals surface area contributed by atoms with Crippen LogP contribution in [0.15, 0.2) is 30.3 Å². The van der Waals surface area contributed by atoms with Crippen LogP contribution in [0.25, 0.3) is 5.69 Å². The Morgan fingerprint density at radius 1 is 1.05 bits per heavy atom. The second kappa shape index (κ2) is 4.86. The van der Waals surface area contributed by atoms with E-state index in [0.29, 0.717) is 12.2 Å². The molecule has 22 heavy (non-hydrogen) atoms. The zero-order valence-electron chi connectivity index (χ0n) is 12.4. The largest absolute Gasteiger partial charge is 0.374 e. The highest BCUT2D eigenvalue weighted by Gasteiger charge is 2.52. The van der Waals surface area contributed by atoms with Gasteiger partial charge in [0, 0.05) is 24.9 Å². The number of hydrogen-bond acceptors (Lipinski definition) is 5. The molecule has 1 aromatic heterocycles. The van der Waals surface area contributed by atoms with Crippen LogP contribution in [0.3, 0.4) is 0 Å². The average molecular weight is 297 g/mol. The van der Waals surface area contributed by atoms with Crippen molar-refractivity contribution in [3.8, 4) is 5.69 Å². The Labute approximate surface area is 129 Å². The molecule has 6 nitrogen and oxygen atoms in total. The lowest BCUT2D eigenvalue weighted by Gasteiger charge is -2.18. The quantitative estimate of drug-likeness (QED) is 0.854. The summed E-state index contributed by atoms with van der Waals surface area (Å²) in [4.78, 5) is 2.49. The third-order valence-electron chi connectivity index (χ3n) is 5.43. The summed E-state index contributed by atoms with van der Waals surface area (Å²) < 4.78 is 7.89. The van der Waals surface area contributed by atoms with Gasteiger partial charge in [-0.2, -0.15) is 4.68 Å². The van der Waals surface area contributed by atoms with Crippen molar-refractivity contribution in [3.63, 3.8) is 0 Å². The molecule has 0 radical (unpaired) electrons. The van der Waals surface area contributed by atoms with Crippen molar-refractivity contribution in [1.29, 1.82) is 0 Å². The number of nitrogens with zero attached hydrogens (tertiary/aromatic N) is 5. The number of para-hydroxylation sites is 1. The molecule has 2 aromatic rings. The van der Waals surface area contributed by atoms with Gasteiger partial charge in [0.1, 0.15) is 0 Å². The van der Waals surface area contributed by atoms with Crippen molar-refractivity contribution >= 4 is 0 Å². The van der Waals surface area contributed by atoms with E-state index in [9.17, 15) is 0 Å². The van der Waals surface area contributed by atoms with Crippen LogP contribution in [0.2, 0.25) is 0 Å². The van der Waals surface area contributed by atoms with Crippen molar-refractivity contribution in [1.82, 2.24) is 25.1 Å². The number of benzene rings is 1. The zero-order chi connectivity index (χ0) is 14.5. The number of ether oxygens (including phenoxy) is 1. The maximum Gasteiger partial charge on any atom is 0.170 e. The summed E-state index contributed by atoms with van der Waals surface area (Å²) in [6.45, 7) is 3.05. The van der Waals surface area contributed by atoms with Gasteiger partial charge >= 0.3 is 0 Å². The molecule has 3 aliphatic heterocycles. The molecule has 3 aliphatic rings.